The third-order valence-electron chi connectivity index (χ3n) is 0.601. The Morgan fingerprint density at radius 2 is 2.12 bits per heavy atom. The summed E-state index contributed by atoms with van der Waals surface area (Å²) in [7, 11) is 0. The van der Waals surface area contributed by atoms with Gasteiger partial charge in [-0.1, -0.05) is 0 Å². The van der Waals surface area contributed by atoms with Gasteiger partial charge >= 0.3 is 5.97 Å². The monoisotopic (exact) mass is 118 g/mol. The third kappa shape index (κ3) is 1.61. The summed E-state index contributed by atoms with van der Waals surface area (Å²) in [6.45, 7) is -0.647. The van der Waals surface area contributed by atoms with Crippen LogP contribution >= 0.6 is 0 Å². The molecule has 0 rings (SSSR count). The first-order valence-corrected chi connectivity index (χ1v) is 1.89. The zero-order chi connectivity index (χ0) is 6.57. The summed E-state index contributed by atoms with van der Waals surface area (Å²) in [5.74, 6) is -1.31. The van der Waals surface area contributed by atoms with Crippen molar-refractivity contribution in [3.05, 3.63) is 11.8 Å². The maximum absolute atomic E-state index is 9.77. The van der Waals surface area contributed by atoms with Crippen molar-refractivity contribution < 1.29 is 20.1 Å². The topological polar surface area (TPSA) is 77.8 Å². The molecule has 0 atom stereocenters. The first-order chi connectivity index (χ1) is 3.72. The van der Waals surface area contributed by atoms with Crippen LogP contribution in [0, 0.1) is 0 Å². The van der Waals surface area contributed by atoms with Crippen molar-refractivity contribution in [1.29, 1.82) is 0 Å². The second kappa shape index (κ2) is 3.04. The summed E-state index contributed by atoms with van der Waals surface area (Å²) in [5.41, 5.74) is -0.412. The number of carbonyl (C=O) groups is 1. The fourth-order valence-corrected chi connectivity index (χ4v) is 0.164. The molecule has 0 aromatic carbocycles. The largest absolute Gasteiger partial charge is 0.515 e. The summed E-state index contributed by atoms with van der Waals surface area (Å²) in [5, 5.41) is 24.1. The Bertz CT molecular complexity index is 115. The van der Waals surface area contributed by atoms with Crippen LogP contribution < -0.4 is 0 Å². The number of aliphatic carboxylic acids is 1. The summed E-state index contributed by atoms with van der Waals surface area (Å²) in [6.07, 6.45) is 0.363. The number of aliphatic hydroxyl groups excluding tert-OH is 2. The Morgan fingerprint density at radius 1 is 1.62 bits per heavy atom. The molecule has 0 aliphatic heterocycles. The van der Waals surface area contributed by atoms with Gasteiger partial charge in [0.05, 0.1) is 18.4 Å². The van der Waals surface area contributed by atoms with Gasteiger partial charge in [0.2, 0.25) is 0 Å². The van der Waals surface area contributed by atoms with Crippen LogP contribution in [0.4, 0.5) is 0 Å². The van der Waals surface area contributed by atoms with Crippen molar-refractivity contribution in [2.75, 3.05) is 6.61 Å². The molecule has 0 radical (unpaired) electrons. The van der Waals surface area contributed by atoms with Gasteiger partial charge in [0.15, 0.2) is 0 Å². The maximum Gasteiger partial charge on any atom is 0.337 e. The number of hydrogen-bond acceptors (Lipinski definition) is 3. The quantitative estimate of drug-likeness (QED) is 0.337. The SMILES string of the molecule is O=C(O)/C(=C/O)CO. The molecular weight excluding hydrogens is 112 g/mol. The van der Waals surface area contributed by atoms with E-state index >= 15 is 0 Å². The van der Waals surface area contributed by atoms with E-state index in [4.69, 9.17) is 15.3 Å². The highest BCUT2D eigenvalue weighted by molar-refractivity contribution is 5.86. The highest BCUT2D eigenvalue weighted by atomic mass is 16.4. The van der Waals surface area contributed by atoms with Crippen molar-refractivity contribution in [2.45, 2.75) is 0 Å². The van der Waals surface area contributed by atoms with Crippen molar-refractivity contribution in [1.82, 2.24) is 0 Å². The van der Waals surface area contributed by atoms with E-state index in [0.717, 1.165) is 0 Å². The van der Waals surface area contributed by atoms with Crippen LogP contribution in [0.1, 0.15) is 0 Å². The van der Waals surface area contributed by atoms with Gasteiger partial charge in [-0.3, -0.25) is 0 Å². The molecule has 0 amide bonds. The van der Waals surface area contributed by atoms with E-state index in [0.29, 0.717) is 6.26 Å². The predicted molar refractivity (Wildman–Crippen MR) is 25.4 cm³/mol. The normalized spacial score (nSPS) is 11.4. The molecule has 0 aliphatic rings. The smallest absolute Gasteiger partial charge is 0.337 e. The van der Waals surface area contributed by atoms with Gasteiger partial charge in [-0.15, -0.1) is 0 Å². The molecular formula is C4H6O4. The van der Waals surface area contributed by atoms with E-state index in [2.05, 4.69) is 0 Å². The molecule has 0 saturated heterocycles. The second-order valence-electron chi connectivity index (χ2n) is 1.12. The molecule has 8 heavy (non-hydrogen) atoms. The lowest BCUT2D eigenvalue weighted by molar-refractivity contribution is -0.133. The first kappa shape index (κ1) is 6.97. The zero-order valence-corrected chi connectivity index (χ0v) is 4.03. The zero-order valence-electron chi connectivity index (χ0n) is 4.03. The molecule has 46 valence electrons. The molecule has 0 saturated carbocycles. The van der Waals surface area contributed by atoms with Crippen molar-refractivity contribution >= 4 is 5.97 Å². The van der Waals surface area contributed by atoms with Crippen molar-refractivity contribution in [3.63, 3.8) is 0 Å². The van der Waals surface area contributed by atoms with Crippen LogP contribution in [0.25, 0.3) is 0 Å². The van der Waals surface area contributed by atoms with E-state index in [1.807, 2.05) is 0 Å². The van der Waals surface area contributed by atoms with Gasteiger partial charge in [0.25, 0.3) is 0 Å². The minimum absolute atomic E-state index is 0.363. The van der Waals surface area contributed by atoms with E-state index < -0.39 is 18.1 Å². The van der Waals surface area contributed by atoms with Crippen LogP contribution in [0.15, 0.2) is 11.8 Å². The fraction of sp³-hybridized carbons (Fsp3) is 0.250. The standard InChI is InChI=1S/C4H6O4/c5-1-3(2-6)4(7)8/h1,5-6H,2H2,(H,7,8)/b3-1+. The fourth-order valence-electron chi connectivity index (χ4n) is 0.164. The lowest BCUT2D eigenvalue weighted by Gasteiger charge is -1.89. The van der Waals surface area contributed by atoms with E-state index in [1.54, 1.807) is 0 Å². The average molecular weight is 118 g/mol. The highest BCUT2D eigenvalue weighted by Crippen LogP contribution is 1.87. The molecule has 0 fully saturated rings. The molecule has 0 aliphatic carbocycles. The predicted octanol–water partition coefficient (Wildman–Crippen LogP) is -0.495. The second-order valence-corrected chi connectivity index (χ2v) is 1.12. The molecule has 0 aromatic rings. The Labute approximate surface area is 45.7 Å². The molecule has 0 aromatic heterocycles. The third-order valence-corrected chi connectivity index (χ3v) is 0.601. The van der Waals surface area contributed by atoms with Gasteiger partial charge in [-0.25, -0.2) is 4.79 Å². The van der Waals surface area contributed by atoms with Crippen LogP contribution in [-0.4, -0.2) is 27.9 Å². The van der Waals surface area contributed by atoms with Crippen molar-refractivity contribution in [3.8, 4) is 0 Å². The summed E-state index contributed by atoms with van der Waals surface area (Å²) in [6, 6.07) is 0. The average Bonchev–Trinajstić information content (AvgIpc) is 1.69. The maximum atomic E-state index is 9.77. The number of carboxylic acid groups (broad SMARTS) is 1. The van der Waals surface area contributed by atoms with Crippen LogP contribution in [-0.2, 0) is 4.79 Å². The van der Waals surface area contributed by atoms with Gasteiger partial charge in [0, 0.05) is 0 Å². The first-order valence-electron chi connectivity index (χ1n) is 1.89. The molecule has 0 bridgehead atoms. The van der Waals surface area contributed by atoms with Gasteiger partial charge in [0.1, 0.15) is 0 Å². The van der Waals surface area contributed by atoms with Crippen molar-refractivity contribution in [2.24, 2.45) is 0 Å². The molecule has 0 unspecified atom stereocenters. The van der Waals surface area contributed by atoms with Crippen LogP contribution in [0.2, 0.25) is 0 Å². The van der Waals surface area contributed by atoms with Crippen LogP contribution in [0.5, 0.6) is 0 Å². The van der Waals surface area contributed by atoms with Crippen LogP contribution in [0.3, 0.4) is 0 Å². The molecule has 0 heterocycles. The van der Waals surface area contributed by atoms with E-state index in [9.17, 15) is 4.79 Å². The van der Waals surface area contributed by atoms with E-state index in [-0.39, 0.29) is 0 Å². The highest BCUT2D eigenvalue weighted by Gasteiger charge is 2.02. The lowest BCUT2D eigenvalue weighted by Crippen LogP contribution is -2.03. The minimum atomic E-state index is -1.31. The minimum Gasteiger partial charge on any atom is -0.515 e. The lowest BCUT2D eigenvalue weighted by atomic mass is 10.3. The number of hydrogen-bond donors (Lipinski definition) is 3. The molecule has 4 heteroatoms. The molecule has 0 spiro atoms. The van der Waals surface area contributed by atoms with E-state index in [1.165, 1.54) is 0 Å². The molecule has 4 nitrogen and oxygen atoms in total. The summed E-state index contributed by atoms with van der Waals surface area (Å²) < 4.78 is 0. The Hall–Kier alpha value is -1.03. The van der Waals surface area contributed by atoms with Gasteiger partial charge in [-0.05, 0) is 0 Å². The summed E-state index contributed by atoms with van der Waals surface area (Å²) in [4.78, 5) is 9.77. The number of rotatable bonds is 2. The Balaban J connectivity index is 3.92. The van der Waals surface area contributed by atoms with Gasteiger partial charge < -0.3 is 15.3 Å². The Kier molecular flexibility index (Phi) is 2.64. The van der Waals surface area contributed by atoms with Gasteiger partial charge in [-0.2, -0.15) is 0 Å². The Morgan fingerprint density at radius 3 is 2.12 bits per heavy atom. The summed E-state index contributed by atoms with van der Waals surface area (Å²) >= 11 is 0. The number of carboxylic acids is 1. The number of aliphatic hydroxyl groups is 2. The molecule has 3 N–H and O–H groups in total.